The van der Waals surface area contributed by atoms with Crippen LogP contribution in [0.1, 0.15) is 0 Å². The first kappa shape index (κ1) is 19.1. The van der Waals surface area contributed by atoms with Gasteiger partial charge in [-0.3, -0.25) is 24.3 Å². The fourth-order valence-corrected chi connectivity index (χ4v) is 3.05. The number of carbonyl (C=O) groups is 1. The monoisotopic (exact) mass is 407 g/mol. The van der Waals surface area contributed by atoms with E-state index in [1.54, 1.807) is 24.3 Å². The molecule has 0 spiro atoms. The lowest BCUT2D eigenvalue weighted by Gasteiger charge is -2.09. The van der Waals surface area contributed by atoms with Gasteiger partial charge in [-0.2, -0.15) is 0 Å². The Balaban J connectivity index is 1.34. The molecule has 0 aliphatic carbocycles. The summed E-state index contributed by atoms with van der Waals surface area (Å²) in [6.07, 6.45) is 1.33. The molecule has 0 radical (unpaired) electrons. The molecular weight excluding hydrogens is 390 g/mol. The van der Waals surface area contributed by atoms with Gasteiger partial charge < -0.3 is 15.1 Å². The normalized spacial score (nSPS) is 10.9. The Bertz CT molecular complexity index is 1290. The van der Waals surface area contributed by atoms with E-state index in [-0.39, 0.29) is 23.7 Å². The largest absolute Gasteiger partial charge is 0.448 e. The van der Waals surface area contributed by atoms with Crippen LogP contribution in [0.2, 0.25) is 0 Å². The number of nitro groups is 1. The number of hydrogen-bond acceptors (Lipinski definition) is 7. The molecule has 152 valence electrons. The van der Waals surface area contributed by atoms with Crippen LogP contribution in [0.4, 0.5) is 11.4 Å². The average molecular weight is 407 g/mol. The van der Waals surface area contributed by atoms with Crippen molar-refractivity contribution in [2.75, 3.05) is 18.4 Å². The minimum atomic E-state index is -0.469. The first-order valence-electron chi connectivity index (χ1n) is 9.14. The Morgan fingerprint density at radius 3 is 2.67 bits per heavy atom. The highest BCUT2D eigenvalue weighted by Gasteiger charge is 2.14. The Morgan fingerprint density at radius 1 is 1.13 bits per heavy atom. The Morgan fingerprint density at radius 2 is 1.90 bits per heavy atom. The predicted molar refractivity (Wildman–Crippen MR) is 110 cm³/mol. The number of rotatable bonds is 7. The molecule has 0 fully saturated rings. The Hall–Kier alpha value is -4.21. The molecule has 0 unspecified atom stereocenters. The quantitative estimate of drug-likeness (QED) is 0.273. The summed E-state index contributed by atoms with van der Waals surface area (Å²) in [4.78, 5) is 39.2. The molecular formula is C20H17N5O5. The number of para-hydroxylation sites is 1. The van der Waals surface area contributed by atoms with E-state index >= 15 is 0 Å². The van der Waals surface area contributed by atoms with Gasteiger partial charge >= 0.3 is 0 Å². The molecule has 2 aromatic heterocycles. The van der Waals surface area contributed by atoms with Gasteiger partial charge in [0.15, 0.2) is 0 Å². The molecule has 4 rings (SSSR count). The van der Waals surface area contributed by atoms with Crippen molar-refractivity contribution in [2.24, 2.45) is 0 Å². The summed E-state index contributed by atoms with van der Waals surface area (Å²) in [5.41, 5.74) is 1.44. The van der Waals surface area contributed by atoms with Crippen LogP contribution in [-0.2, 0) is 11.3 Å². The highest BCUT2D eigenvalue weighted by atomic mass is 16.6. The summed E-state index contributed by atoms with van der Waals surface area (Å²) in [7, 11) is 0. The smallest absolute Gasteiger partial charge is 0.297 e. The van der Waals surface area contributed by atoms with Crippen LogP contribution in [0.3, 0.4) is 0 Å². The summed E-state index contributed by atoms with van der Waals surface area (Å²) in [6.45, 7) is 0.542. The zero-order valence-corrected chi connectivity index (χ0v) is 15.7. The third kappa shape index (κ3) is 3.83. The van der Waals surface area contributed by atoms with Crippen molar-refractivity contribution >= 4 is 39.4 Å². The number of hydrogen-bond donors (Lipinski definition) is 2. The van der Waals surface area contributed by atoms with Crippen LogP contribution in [0, 0.1) is 10.1 Å². The molecule has 0 aliphatic heterocycles. The average Bonchev–Trinajstić information content (AvgIpc) is 3.13. The van der Waals surface area contributed by atoms with Crippen LogP contribution < -0.4 is 16.2 Å². The summed E-state index contributed by atoms with van der Waals surface area (Å²) in [6, 6.07) is 13.2. The molecule has 30 heavy (non-hydrogen) atoms. The van der Waals surface area contributed by atoms with Crippen LogP contribution in [0.5, 0.6) is 0 Å². The molecule has 2 aromatic carbocycles. The number of amides is 1. The van der Waals surface area contributed by atoms with Crippen molar-refractivity contribution in [3.8, 4) is 0 Å². The molecule has 0 atom stereocenters. The maximum absolute atomic E-state index is 12.6. The zero-order valence-electron chi connectivity index (χ0n) is 15.7. The minimum absolute atomic E-state index is 0.00864. The van der Waals surface area contributed by atoms with Crippen molar-refractivity contribution in [1.29, 1.82) is 0 Å². The van der Waals surface area contributed by atoms with E-state index < -0.39 is 10.5 Å². The summed E-state index contributed by atoms with van der Waals surface area (Å²) in [5, 5.41) is 17.1. The van der Waals surface area contributed by atoms with Gasteiger partial charge in [0, 0.05) is 36.3 Å². The van der Waals surface area contributed by atoms with E-state index in [1.165, 1.54) is 23.0 Å². The number of nitrogens with zero attached hydrogens (tertiary/aromatic N) is 3. The van der Waals surface area contributed by atoms with E-state index in [4.69, 9.17) is 4.42 Å². The lowest BCUT2D eigenvalue weighted by Crippen LogP contribution is -2.34. The Labute approximate surface area is 169 Å². The first-order valence-corrected chi connectivity index (χ1v) is 9.14. The SMILES string of the molecule is O=C(Cn1cnc2c(oc3ccccc32)c1=O)NCCNc1ccc([N+](=O)[O-])cc1. The number of furan rings is 1. The highest BCUT2D eigenvalue weighted by Crippen LogP contribution is 2.24. The summed E-state index contributed by atoms with van der Waals surface area (Å²) >= 11 is 0. The highest BCUT2D eigenvalue weighted by molar-refractivity contribution is 6.01. The van der Waals surface area contributed by atoms with Gasteiger partial charge in [0.1, 0.15) is 17.6 Å². The molecule has 1 amide bonds. The van der Waals surface area contributed by atoms with Crippen LogP contribution in [-0.4, -0.2) is 33.5 Å². The van der Waals surface area contributed by atoms with Crippen LogP contribution >= 0.6 is 0 Å². The standard InChI is InChI=1S/C20H17N5O5/c26-17(22-10-9-21-13-5-7-14(8-6-13)25(28)29)11-24-12-23-18-15-3-1-2-4-16(15)30-19(18)20(24)27/h1-8,12,21H,9-11H2,(H,22,26). The number of aromatic nitrogens is 2. The molecule has 10 nitrogen and oxygen atoms in total. The molecule has 0 bridgehead atoms. The number of nitro benzene ring substituents is 1. The zero-order chi connectivity index (χ0) is 21.1. The molecule has 4 aromatic rings. The minimum Gasteiger partial charge on any atom is -0.448 e. The maximum atomic E-state index is 12.6. The van der Waals surface area contributed by atoms with Gasteiger partial charge in [0.25, 0.3) is 11.2 Å². The number of anilines is 1. The van der Waals surface area contributed by atoms with Gasteiger partial charge in [0.2, 0.25) is 11.5 Å². The molecule has 0 saturated heterocycles. The first-order chi connectivity index (χ1) is 14.5. The van der Waals surface area contributed by atoms with Gasteiger partial charge in [0.05, 0.1) is 11.3 Å². The third-order valence-electron chi connectivity index (χ3n) is 4.52. The van der Waals surface area contributed by atoms with Crippen molar-refractivity contribution in [1.82, 2.24) is 14.9 Å². The molecule has 0 aliphatic rings. The second kappa shape index (κ2) is 8.03. The predicted octanol–water partition coefficient (Wildman–Crippen LogP) is 2.28. The van der Waals surface area contributed by atoms with Crippen molar-refractivity contribution < 1.29 is 14.1 Å². The van der Waals surface area contributed by atoms with Crippen molar-refractivity contribution in [3.63, 3.8) is 0 Å². The van der Waals surface area contributed by atoms with E-state index in [0.29, 0.717) is 29.9 Å². The van der Waals surface area contributed by atoms with E-state index in [0.717, 1.165) is 5.39 Å². The number of carbonyl (C=O) groups excluding carboxylic acids is 1. The van der Waals surface area contributed by atoms with Crippen molar-refractivity contribution in [3.05, 3.63) is 75.3 Å². The molecule has 2 heterocycles. The van der Waals surface area contributed by atoms with Crippen LogP contribution in [0.25, 0.3) is 22.1 Å². The van der Waals surface area contributed by atoms with E-state index in [9.17, 15) is 19.7 Å². The van der Waals surface area contributed by atoms with Gasteiger partial charge in [-0.1, -0.05) is 12.1 Å². The Kier molecular flexibility index (Phi) is 5.12. The maximum Gasteiger partial charge on any atom is 0.297 e. The number of fused-ring (bicyclic) bond motifs is 3. The van der Waals surface area contributed by atoms with E-state index in [1.807, 2.05) is 12.1 Å². The molecule has 2 N–H and O–H groups in total. The fourth-order valence-electron chi connectivity index (χ4n) is 3.05. The lowest BCUT2D eigenvalue weighted by molar-refractivity contribution is -0.384. The fraction of sp³-hybridized carbons (Fsp3) is 0.150. The topological polar surface area (TPSA) is 132 Å². The second-order valence-corrected chi connectivity index (χ2v) is 6.53. The number of nitrogens with one attached hydrogen (secondary N) is 2. The van der Waals surface area contributed by atoms with Gasteiger partial charge in [-0.05, 0) is 24.3 Å². The van der Waals surface area contributed by atoms with E-state index in [2.05, 4.69) is 15.6 Å². The van der Waals surface area contributed by atoms with Gasteiger partial charge in [-0.25, -0.2) is 4.98 Å². The van der Waals surface area contributed by atoms with Crippen LogP contribution in [0.15, 0.2) is 64.1 Å². The molecule has 10 heteroatoms. The number of non-ortho nitro benzene ring substituents is 1. The van der Waals surface area contributed by atoms with Gasteiger partial charge in [-0.15, -0.1) is 0 Å². The molecule has 0 saturated carbocycles. The lowest BCUT2D eigenvalue weighted by atomic mass is 10.2. The number of benzene rings is 2. The third-order valence-corrected chi connectivity index (χ3v) is 4.52. The second-order valence-electron chi connectivity index (χ2n) is 6.53. The summed E-state index contributed by atoms with van der Waals surface area (Å²) < 4.78 is 6.79. The van der Waals surface area contributed by atoms with Crippen molar-refractivity contribution in [2.45, 2.75) is 6.54 Å². The summed E-state index contributed by atoms with van der Waals surface area (Å²) in [5.74, 6) is -0.347.